The second-order valence-electron chi connectivity index (χ2n) is 6.18. The number of halogens is 1. The van der Waals surface area contributed by atoms with E-state index in [9.17, 15) is 12.8 Å². The van der Waals surface area contributed by atoms with Crippen molar-refractivity contribution in [3.63, 3.8) is 0 Å². The number of hydrogen-bond donors (Lipinski definition) is 1. The zero-order valence-electron chi connectivity index (χ0n) is 15.5. The topological polar surface area (TPSA) is 99.0 Å². The van der Waals surface area contributed by atoms with Gasteiger partial charge in [-0.15, -0.1) is 0 Å². The first-order valence-electron chi connectivity index (χ1n) is 8.49. The molecule has 10 heteroatoms. The highest BCUT2D eigenvalue weighted by Gasteiger charge is 2.20. The first kappa shape index (κ1) is 18.8. The van der Waals surface area contributed by atoms with Gasteiger partial charge in [-0.25, -0.2) is 27.8 Å². The number of aromatic nitrogens is 4. The number of ether oxygens (including phenoxy) is 1. The molecule has 0 amide bonds. The Balaban J connectivity index is 1.77. The Labute approximate surface area is 166 Å². The molecule has 0 radical (unpaired) electrons. The van der Waals surface area contributed by atoms with Crippen molar-refractivity contribution in [1.82, 2.24) is 19.5 Å². The van der Waals surface area contributed by atoms with Crippen LogP contribution in [0.1, 0.15) is 0 Å². The zero-order valence-corrected chi connectivity index (χ0v) is 16.3. The SMILES string of the molecule is COc1ccc(-c2nc3c(NS(=O)(=O)c4ccc(F)cc4)ncnc3n2C)cc1. The van der Waals surface area contributed by atoms with Crippen LogP contribution >= 0.6 is 0 Å². The van der Waals surface area contributed by atoms with E-state index in [4.69, 9.17) is 4.74 Å². The molecule has 4 rings (SSSR count). The van der Waals surface area contributed by atoms with E-state index in [1.807, 2.05) is 12.1 Å². The van der Waals surface area contributed by atoms with Gasteiger partial charge in [-0.2, -0.15) is 0 Å². The van der Waals surface area contributed by atoms with Crippen molar-refractivity contribution in [3.05, 3.63) is 60.7 Å². The number of methoxy groups -OCH3 is 1. The molecule has 0 saturated heterocycles. The fourth-order valence-electron chi connectivity index (χ4n) is 2.87. The van der Waals surface area contributed by atoms with Gasteiger partial charge in [-0.1, -0.05) is 0 Å². The van der Waals surface area contributed by atoms with E-state index in [-0.39, 0.29) is 10.7 Å². The van der Waals surface area contributed by atoms with Crippen LogP contribution in [0.25, 0.3) is 22.6 Å². The molecule has 4 aromatic rings. The molecule has 2 aromatic carbocycles. The number of imidazole rings is 1. The number of anilines is 1. The summed E-state index contributed by atoms with van der Waals surface area (Å²) in [5, 5.41) is 0. The lowest BCUT2D eigenvalue weighted by Crippen LogP contribution is -2.14. The minimum atomic E-state index is -3.97. The van der Waals surface area contributed by atoms with Gasteiger partial charge in [0.2, 0.25) is 0 Å². The smallest absolute Gasteiger partial charge is 0.263 e. The molecule has 2 heterocycles. The van der Waals surface area contributed by atoms with Crippen molar-refractivity contribution in [1.29, 1.82) is 0 Å². The minimum Gasteiger partial charge on any atom is -0.497 e. The van der Waals surface area contributed by atoms with Gasteiger partial charge in [-0.3, -0.25) is 4.72 Å². The van der Waals surface area contributed by atoms with Crippen LogP contribution in [-0.2, 0) is 17.1 Å². The average Bonchev–Trinajstić information content (AvgIpc) is 3.06. The predicted octanol–water partition coefficient (Wildman–Crippen LogP) is 2.98. The fourth-order valence-corrected chi connectivity index (χ4v) is 3.89. The molecule has 8 nitrogen and oxygen atoms in total. The molecular formula is C19H16FN5O3S. The fraction of sp³-hybridized carbons (Fsp3) is 0.105. The molecule has 0 aliphatic heterocycles. The number of nitrogens with one attached hydrogen (secondary N) is 1. The first-order valence-corrected chi connectivity index (χ1v) is 9.97. The molecule has 0 aliphatic carbocycles. The number of sulfonamides is 1. The van der Waals surface area contributed by atoms with Crippen LogP contribution in [-0.4, -0.2) is 35.0 Å². The summed E-state index contributed by atoms with van der Waals surface area (Å²) in [6, 6.07) is 11.8. The number of fused-ring (bicyclic) bond motifs is 1. The summed E-state index contributed by atoms with van der Waals surface area (Å²) >= 11 is 0. The lowest BCUT2D eigenvalue weighted by Gasteiger charge is -2.07. The van der Waals surface area contributed by atoms with E-state index in [1.54, 1.807) is 30.9 Å². The third kappa shape index (κ3) is 3.49. The van der Waals surface area contributed by atoms with Crippen molar-refractivity contribution in [2.24, 2.45) is 7.05 Å². The van der Waals surface area contributed by atoms with Crippen LogP contribution < -0.4 is 9.46 Å². The van der Waals surface area contributed by atoms with Crippen LogP contribution in [0.15, 0.2) is 59.8 Å². The number of hydrogen-bond acceptors (Lipinski definition) is 6. The maximum Gasteiger partial charge on any atom is 0.263 e. The van der Waals surface area contributed by atoms with Gasteiger partial charge in [0.15, 0.2) is 17.0 Å². The summed E-state index contributed by atoms with van der Waals surface area (Å²) in [5.41, 5.74) is 1.56. The quantitative estimate of drug-likeness (QED) is 0.540. The van der Waals surface area contributed by atoms with Crippen molar-refractivity contribution < 1.29 is 17.5 Å². The Morgan fingerprint density at radius 3 is 2.38 bits per heavy atom. The molecule has 0 fully saturated rings. The standard InChI is InChI=1S/C19H16FN5O3S/c1-25-18(12-3-7-14(28-2)8-4-12)23-16-17(21-11-22-19(16)25)24-29(26,27)15-9-5-13(20)6-10-15/h3-11H,1-2H3,(H,21,22,24). The largest absolute Gasteiger partial charge is 0.497 e. The van der Waals surface area contributed by atoms with E-state index in [0.29, 0.717) is 22.7 Å². The summed E-state index contributed by atoms with van der Waals surface area (Å²) < 4.78 is 47.7. The predicted molar refractivity (Wildman–Crippen MR) is 106 cm³/mol. The van der Waals surface area contributed by atoms with Crippen LogP contribution in [0.5, 0.6) is 5.75 Å². The lowest BCUT2D eigenvalue weighted by molar-refractivity contribution is 0.415. The number of nitrogens with zero attached hydrogens (tertiary/aromatic N) is 4. The van der Waals surface area contributed by atoms with E-state index in [0.717, 1.165) is 17.7 Å². The van der Waals surface area contributed by atoms with Crippen LogP contribution in [0, 0.1) is 5.82 Å². The molecule has 0 atom stereocenters. The van der Waals surface area contributed by atoms with E-state index in [1.165, 1.54) is 18.5 Å². The maximum absolute atomic E-state index is 13.1. The summed E-state index contributed by atoms with van der Waals surface area (Å²) in [7, 11) is -0.611. The van der Waals surface area contributed by atoms with Gasteiger partial charge in [0.1, 0.15) is 23.7 Å². The van der Waals surface area contributed by atoms with Gasteiger partial charge >= 0.3 is 0 Å². The lowest BCUT2D eigenvalue weighted by atomic mass is 10.2. The summed E-state index contributed by atoms with van der Waals surface area (Å²) in [5.74, 6) is 0.808. The Morgan fingerprint density at radius 2 is 1.72 bits per heavy atom. The minimum absolute atomic E-state index is 0.0367. The first-order chi connectivity index (χ1) is 13.9. The Morgan fingerprint density at radius 1 is 1.03 bits per heavy atom. The molecule has 0 bridgehead atoms. The van der Waals surface area contributed by atoms with Crippen LogP contribution in [0.4, 0.5) is 10.2 Å². The van der Waals surface area contributed by atoms with Crippen LogP contribution in [0.3, 0.4) is 0 Å². The molecular weight excluding hydrogens is 397 g/mol. The Kier molecular flexibility index (Phi) is 4.63. The molecule has 0 unspecified atom stereocenters. The monoisotopic (exact) mass is 413 g/mol. The van der Waals surface area contributed by atoms with Gasteiger partial charge in [0, 0.05) is 12.6 Å². The normalized spacial score (nSPS) is 11.6. The maximum atomic E-state index is 13.1. The number of aryl methyl sites for hydroxylation is 1. The van der Waals surface area contributed by atoms with E-state index >= 15 is 0 Å². The van der Waals surface area contributed by atoms with E-state index in [2.05, 4.69) is 19.7 Å². The van der Waals surface area contributed by atoms with Gasteiger partial charge < -0.3 is 9.30 Å². The van der Waals surface area contributed by atoms with Crippen molar-refractivity contribution >= 4 is 27.0 Å². The molecule has 1 N–H and O–H groups in total. The van der Waals surface area contributed by atoms with E-state index < -0.39 is 15.8 Å². The second kappa shape index (κ2) is 7.13. The highest BCUT2D eigenvalue weighted by molar-refractivity contribution is 7.92. The van der Waals surface area contributed by atoms with Crippen molar-refractivity contribution in [3.8, 4) is 17.1 Å². The average molecular weight is 413 g/mol. The Hall–Kier alpha value is -3.53. The van der Waals surface area contributed by atoms with Crippen molar-refractivity contribution in [2.45, 2.75) is 4.90 Å². The van der Waals surface area contributed by atoms with Gasteiger partial charge in [-0.05, 0) is 48.5 Å². The highest BCUT2D eigenvalue weighted by Crippen LogP contribution is 2.28. The molecule has 2 aromatic heterocycles. The third-order valence-corrected chi connectivity index (χ3v) is 5.71. The number of rotatable bonds is 5. The summed E-state index contributed by atoms with van der Waals surface area (Å²) in [6.45, 7) is 0. The summed E-state index contributed by atoms with van der Waals surface area (Å²) in [6.07, 6.45) is 1.25. The molecule has 29 heavy (non-hydrogen) atoms. The zero-order chi connectivity index (χ0) is 20.6. The van der Waals surface area contributed by atoms with Gasteiger partial charge in [0.05, 0.1) is 12.0 Å². The second-order valence-corrected chi connectivity index (χ2v) is 7.86. The van der Waals surface area contributed by atoms with Crippen LogP contribution in [0.2, 0.25) is 0 Å². The molecule has 0 saturated carbocycles. The van der Waals surface area contributed by atoms with Gasteiger partial charge in [0.25, 0.3) is 10.0 Å². The molecule has 0 spiro atoms. The van der Waals surface area contributed by atoms with Crippen molar-refractivity contribution in [2.75, 3.05) is 11.8 Å². The molecule has 148 valence electrons. The molecule has 0 aliphatic rings. The Bertz CT molecular complexity index is 1290. The third-order valence-electron chi connectivity index (χ3n) is 4.36. The summed E-state index contributed by atoms with van der Waals surface area (Å²) in [4.78, 5) is 12.7. The number of benzene rings is 2. The highest BCUT2D eigenvalue weighted by atomic mass is 32.2.